The average Bonchev–Trinajstić information content (AvgIpc) is 3.99. The Labute approximate surface area is 459 Å². The van der Waals surface area contributed by atoms with E-state index in [0.717, 1.165) is 18.5 Å². The Kier molecular flexibility index (Phi) is 11.3. The van der Waals surface area contributed by atoms with Gasteiger partial charge in [0.2, 0.25) is 0 Å². The van der Waals surface area contributed by atoms with Crippen molar-refractivity contribution in [3.8, 4) is 22.3 Å². The number of hydrogen-bond acceptors (Lipinski definition) is 3. The first-order chi connectivity index (χ1) is 36.9. The molecule has 2 atom stereocenters. The van der Waals surface area contributed by atoms with Gasteiger partial charge in [-0.25, -0.2) is 0 Å². The molecule has 0 N–H and O–H groups in total. The molecule has 1 fully saturated rings. The molecule has 3 nitrogen and oxygen atoms in total. The second kappa shape index (κ2) is 17.7. The molecule has 0 aromatic heterocycles. The normalized spacial score (nSPS) is 18.6. The highest BCUT2D eigenvalue weighted by Gasteiger charge is 2.61. The van der Waals surface area contributed by atoms with E-state index >= 15 is 0 Å². The number of rotatable bonds is 6. The maximum absolute atomic E-state index is 2.83. The third kappa shape index (κ3) is 7.75. The molecule has 1 aliphatic carbocycles. The van der Waals surface area contributed by atoms with E-state index in [9.17, 15) is 0 Å². The summed E-state index contributed by atoms with van der Waals surface area (Å²) in [7, 11) is 0. The molecule has 9 aromatic carbocycles. The second-order valence-corrected chi connectivity index (χ2v) is 25.9. The summed E-state index contributed by atoms with van der Waals surface area (Å²) in [6.45, 7) is 23.7. The lowest BCUT2D eigenvalue weighted by atomic mass is 9.33. The van der Waals surface area contributed by atoms with Crippen molar-refractivity contribution in [2.75, 3.05) is 14.7 Å². The molecule has 3 heterocycles. The highest BCUT2D eigenvalue weighted by atomic mass is 15.3. The Morgan fingerprint density at radius 1 is 0.377 bits per heavy atom. The van der Waals surface area contributed by atoms with Crippen LogP contribution in [0.4, 0.5) is 45.5 Å². The van der Waals surface area contributed by atoms with Crippen molar-refractivity contribution < 1.29 is 0 Å². The summed E-state index contributed by atoms with van der Waals surface area (Å²) in [6.07, 6.45) is 4.52. The van der Waals surface area contributed by atoms with Crippen LogP contribution in [-0.2, 0) is 21.7 Å². The largest absolute Gasteiger partial charge is 0.334 e. The van der Waals surface area contributed by atoms with Gasteiger partial charge in [0.25, 0.3) is 6.71 Å². The van der Waals surface area contributed by atoms with Crippen LogP contribution in [0.2, 0.25) is 0 Å². The summed E-state index contributed by atoms with van der Waals surface area (Å²) in [5, 5.41) is 0. The molecule has 13 rings (SSSR count). The topological polar surface area (TPSA) is 9.72 Å². The first-order valence-electron chi connectivity index (χ1n) is 28.3. The van der Waals surface area contributed by atoms with Gasteiger partial charge in [-0.2, -0.15) is 0 Å². The van der Waals surface area contributed by atoms with E-state index < -0.39 is 0 Å². The summed E-state index contributed by atoms with van der Waals surface area (Å²) < 4.78 is 0. The number of fused-ring (bicyclic) bond motifs is 7. The van der Waals surface area contributed by atoms with Crippen LogP contribution in [0.15, 0.2) is 206 Å². The molecule has 0 bridgehead atoms. The molecule has 382 valence electrons. The Morgan fingerprint density at radius 3 is 1.53 bits per heavy atom. The van der Waals surface area contributed by atoms with E-state index in [1.807, 2.05) is 0 Å². The molecule has 2 unspecified atom stereocenters. The lowest BCUT2D eigenvalue weighted by Gasteiger charge is -2.53. The standard InChI is InChI=1S/C73H72BN3/c1-69(2,3)53-32-36-57(37-33-53)75-64-40-35-56(71(7,8)9)46-62(64)74-61-38-31-52(50-25-16-12-17-26-50)44-65(61)76(58-30-22-27-51(43-58)49-23-14-11-15-24-49)67-48-59(47-66(75)68(67)74)77-63-39-34-55(70(4,5)6)45-60(63)73(54-28-18-13-19-29-54)42-21-20-41-72(73,77)10/h11-19,22-40,43-48H,20-21,41-42H2,1-10H3. The van der Waals surface area contributed by atoms with Gasteiger partial charge < -0.3 is 14.7 Å². The van der Waals surface area contributed by atoms with Gasteiger partial charge >= 0.3 is 0 Å². The van der Waals surface area contributed by atoms with Crippen LogP contribution in [0.1, 0.15) is 123 Å². The fourth-order valence-corrected chi connectivity index (χ4v) is 14.1. The highest BCUT2D eigenvalue weighted by molar-refractivity contribution is 7.00. The lowest BCUT2D eigenvalue weighted by Crippen LogP contribution is -2.62. The van der Waals surface area contributed by atoms with E-state index in [0.29, 0.717) is 0 Å². The van der Waals surface area contributed by atoms with Gasteiger partial charge in [-0.1, -0.05) is 227 Å². The highest BCUT2D eigenvalue weighted by Crippen LogP contribution is 2.65. The quantitative estimate of drug-likeness (QED) is 0.154. The van der Waals surface area contributed by atoms with Gasteiger partial charge in [-0.3, -0.25) is 0 Å². The SMILES string of the molecule is CC(C)(C)c1ccc(N2c3ccc(C(C)(C)C)cc3B3c4ccc(-c5ccccc5)cc4N(c4cccc(-c5ccccc5)c4)c4cc(N5c6ccc(C(C)(C)C)cc6C6(c7ccccc7)CCCCC56C)cc2c43)cc1. The Bertz CT molecular complexity index is 3730. The predicted octanol–water partition coefficient (Wildman–Crippen LogP) is 17.8. The lowest BCUT2D eigenvalue weighted by molar-refractivity contribution is 0.215. The molecule has 0 radical (unpaired) electrons. The zero-order valence-electron chi connectivity index (χ0n) is 46.9. The van der Waals surface area contributed by atoms with E-state index in [1.54, 1.807) is 0 Å². The number of nitrogens with zero attached hydrogens (tertiary/aromatic N) is 3. The smallest absolute Gasteiger partial charge is 0.252 e. The van der Waals surface area contributed by atoms with Crippen LogP contribution in [0.5, 0.6) is 0 Å². The van der Waals surface area contributed by atoms with Gasteiger partial charge in [0, 0.05) is 50.9 Å². The third-order valence-electron chi connectivity index (χ3n) is 18.2. The Balaban J connectivity index is 1.16. The van der Waals surface area contributed by atoms with E-state index in [2.05, 4.69) is 290 Å². The van der Waals surface area contributed by atoms with Crippen LogP contribution in [0.25, 0.3) is 22.3 Å². The summed E-state index contributed by atoms with van der Waals surface area (Å²) in [5.41, 5.74) is 24.9. The zero-order chi connectivity index (χ0) is 53.2. The molecule has 0 spiro atoms. The molecule has 0 saturated heterocycles. The number of anilines is 8. The summed E-state index contributed by atoms with van der Waals surface area (Å²) in [4.78, 5) is 8.10. The molecule has 3 aliphatic heterocycles. The van der Waals surface area contributed by atoms with Crippen LogP contribution >= 0.6 is 0 Å². The minimum Gasteiger partial charge on any atom is -0.334 e. The molecule has 9 aromatic rings. The first-order valence-corrected chi connectivity index (χ1v) is 28.3. The minimum absolute atomic E-state index is 0.0118. The van der Waals surface area contributed by atoms with Crippen molar-refractivity contribution in [3.05, 3.63) is 234 Å². The van der Waals surface area contributed by atoms with Gasteiger partial charge in [0.05, 0.1) is 5.54 Å². The van der Waals surface area contributed by atoms with Crippen LogP contribution in [-0.4, -0.2) is 12.3 Å². The molecule has 0 amide bonds. The Hall–Kier alpha value is -7.56. The van der Waals surface area contributed by atoms with Crippen molar-refractivity contribution in [2.24, 2.45) is 0 Å². The molecule has 4 heteroatoms. The fraction of sp³-hybridized carbons (Fsp3) is 0.260. The van der Waals surface area contributed by atoms with Gasteiger partial charge in [0.1, 0.15) is 0 Å². The molecular formula is C73H72BN3. The summed E-state index contributed by atoms with van der Waals surface area (Å²) in [6, 6.07) is 79.7. The first kappa shape index (κ1) is 49.0. The maximum Gasteiger partial charge on any atom is 0.252 e. The summed E-state index contributed by atoms with van der Waals surface area (Å²) in [5.74, 6) is 0. The molecule has 1 saturated carbocycles. The molecular weight excluding hydrogens is 930 g/mol. The fourth-order valence-electron chi connectivity index (χ4n) is 14.1. The average molecular weight is 1000 g/mol. The van der Waals surface area contributed by atoms with Crippen molar-refractivity contribution >= 4 is 68.6 Å². The predicted molar refractivity (Wildman–Crippen MR) is 330 cm³/mol. The van der Waals surface area contributed by atoms with Crippen molar-refractivity contribution in [2.45, 2.75) is 122 Å². The second-order valence-electron chi connectivity index (χ2n) is 25.9. The minimum atomic E-state index is -0.287. The van der Waals surface area contributed by atoms with Gasteiger partial charge in [-0.15, -0.1) is 0 Å². The number of benzene rings is 9. The van der Waals surface area contributed by atoms with Crippen molar-refractivity contribution in [1.29, 1.82) is 0 Å². The summed E-state index contributed by atoms with van der Waals surface area (Å²) >= 11 is 0. The van der Waals surface area contributed by atoms with E-state index in [-0.39, 0.29) is 33.9 Å². The van der Waals surface area contributed by atoms with Crippen molar-refractivity contribution in [3.63, 3.8) is 0 Å². The van der Waals surface area contributed by atoms with Gasteiger partial charge in [0.15, 0.2) is 0 Å². The van der Waals surface area contributed by atoms with Crippen molar-refractivity contribution in [1.82, 2.24) is 0 Å². The molecule has 4 aliphatic rings. The van der Waals surface area contributed by atoms with E-state index in [1.165, 1.54) is 119 Å². The number of hydrogen-bond donors (Lipinski definition) is 0. The van der Waals surface area contributed by atoms with Crippen LogP contribution in [0.3, 0.4) is 0 Å². The monoisotopic (exact) mass is 1000 g/mol. The maximum atomic E-state index is 2.83. The van der Waals surface area contributed by atoms with Gasteiger partial charge in [-0.05, 0) is 157 Å². The zero-order valence-corrected chi connectivity index (χ0v) is 46.9. The van der Waals surface area contributed by atoms with Crippen LogP contribution < -0.4 is 31.1 Å². The van der Waals surface area contributed by atoms with Crippen LogP contribution in [0, 0.1) is 0 Å². The molecule has 77 heavy (non-hydrogen) atoms. The van der Waals surface area contributed by atoms with E-state index in [4.69, 9.17) is 0 Å². The third-order valence-corrected chi connectivity index (χ3v) is 18.2. The Morgan fingerprint density at radius 2 is 0.909 bits per heavy atom.